The molecule has 1 aliphatic rings. The average molecular weight is 291 g/mol. The van der Waals surface area contributed by atoms with E-state index in [0.29, 0.717) is 5.92 Å². The van der Waals surface area contributed by atoms with E-state index in [1.54, 1.807) is 7.11 Å². The number of H-pyrrole nitrogens is 1. The lowest BCUT2D eigenvalue weighted by atomic mass is 9.82. The van der Waals surface area contributed by atoms with Gasteiger partial charge in [-0.1, -0.05) is 29.8 Å². The van der Waals surface area contributed by atoms with Gasteiger partial charge in [-0.05, 0) is 61.4 Å². The molecule has 0 amide bonds. The van der Waals surface area contributed by atoms with Crippen molar-refractivity contribution in [1.29, 1.82) is 0 Å². The van der Waals surface area contributed by atoms with Gasteiger partial charge in [0.15, 0.2) is 0 Å². The van der Waals surface area contributed by atoms with Crippen LogP contribution in [-0.4, -0.2) is 12.1 Å². The highest BCUT2D eigenvalue weighted by molar-refractivity contribution is 5.86. The lowest BCUT2D eigenvalue weighted by Gasteiger charge is -2.23. The highest BCUT2D eigenvalue weighted by Crippen LogP contribution is 2.37. The maximum atomic E-state index is 5.39. The number of fused-ring (bicyclic) bond motifs is 3. The van der Waals surface area contributed by atoms with Crippen molar-refractivity contribution < 1.29 is 4.74 Å². The van der Waals surface area contributed by atoms with E-state index in [1.807, 2.05) is 6.07 Å². The number of nitrogens with one attached hydrogen (secondary N) is 1. The van der Waals surface area contributed by atoms with Crippen molar-refractivity contribution in [3.8, 4) is 5.75 Å². The zero-order chi connectivity index (χ0) is 15.1. The molecule has 0 radical (unpaired) electrons. The highest BCUT2D eigenvalue weighted by Gasteiger charge is 2.23. The van der Waals surface area contributed by atoms with Crippen LogP contribution in [0.15, 0.2) is 42.5 Å². The van der Waals surface area contributed by atoms with Crippen molar-refractivity contribution in [2.45, 2.75) is 32.1 Å². The van der Waals surface area contributed by atoms with Crippen LogP contribution in [-0.2, 0) is 12.8 Å². The van der Waals surface area contributed by atoms with E-state index in [1.165, 1.54) is 39.7 Å². The SMILES string of the molecule is COc1ccc2[nH]c3c(c2c1)CC(c1ccc(C)cc1)CC3. The molecule has 4 rings (SSSR count). The van der Waals surface area contributed by atoms with Crippen LogP contribution in [0.4, 0.5) is 0 Å². The van der Waals surface area contributed by atoms with Gasteiger partial charge in [-0.15, -0.1) is 0 Å². The molecule has 2 aromatic carbocycles. The molecule has 0 bridgehead atoms. The number of ether oxygens (including phenoxy) is 1. The van der Waals surface area contributed by atoms with E-state index in [4.69, 9.17) is 4.74 Å². The molecule has 2 nitrogen and oxygen atoms in total. The van der Waals surface area contributed by atoms with Gasteiger partial charge in [0.05, 0.1) is 7.11 Å². The fourth-order valence-corrected chi connectivity index (χ4v) is 3.65. The number of benzene rings is 2. The van der Waals surface area contributed by atoms with E-state index >= 15 is 0 Å². The first-order chi connectivity index (χ1) is 10.7. The van der Waals surface area contributed by atoms with Crippen LogP contribution in [0.5, 0.6) is 5.75 Å². The first kappa shape index (κ1) is 13.4. The monoisotopic (exact) mass is 291 g/mol. The van der Waals surface area contributed by atoms with E-state index in [-0.39, 0.29) is 0 Å². The zero-order valence-corrected chi connectivity index (χ0v) is 13.1. The van der Waals surface area contributed by atoms with Gasteiger partial charge in [0.2, 0.25) is 0 Å². The lowest BCUT2D eigenvalue weighted by Crippen LogP contribution is -2.12. The second-order valence-corrected chi connectivity index (χ2v) is 6.34. The Bertz CT molecular complexity index is 814. The molecule has 1 heterocycles. The molecular weight excluding hydrogens is 270 g/mol. The minimum Gasteiger partial charge on any atom is -0.497 e. The number of aromatic nitrogens is 1. The molecule has 112 valence electrons. The Kier molecular flexibility index (Phi) is 3.18. The molecule has 0 saturated carbocycles. The van der Waals surface area contributed by atoms with Gasteiger partial charge in [-0.2, -0.15) is 0 Å². The van der Waals surface area contributed by atoms with E-state index in [0.717, 1.165) is 18.6 Å². The van der Waals surface area contributed by atoms with E-state index < -0.39 is 0 Å². The second-order valence-electron chi connectivity index (χ2n) is 6.34. The Morgan fingerprint density at radius 2 is 1.91 bits per heavy atom. The van der Waals surface area contributed by atoms with Crippen molar-refractivity contribution in [3.05, 3.63) is 64.8 Å². The Balaban J connectivity index is 1.73. The van der Waals surface area contributed by atoms with Crippen LogP contribution in [0.3, 0.4) is 0 Å². The van der Waals surface area contributed by atoms with Gasteiger partial charge < -0.3 is 9.72 Å². The van der Waals surface area contributed by atoms with Crippen molar-refractivity contribution in [2.24, 2.45) is 0 Å². The molecule has 22 heavy (non-hydrogen) atoms. The lowest BCUT2D eigenvalue weighted by molar-refractivity contribution is 0.415. The third-order valence-electron chi connectivity index (χ3n) is 4.94. The predicted molar refractivity (Wildman–Crippen MR) is 90.8 cm³/mol. The fraction of sp³-hybridized carbons (Fsp3) is 0.300. The normalized spacial score (nSPS) is 17.5. The van der Waals surface area contributed by atoms with Gasteiger partial charge >= 0.3 is 0 Å². The van der Waals surface area contributed by atoms with Gasteiger partial charge in [0.25, 0.3) is 0 Å². The molecule has 2 heteroatoms. The van der Waals surface area contributed by atoms with Gasteiger partial charge in [0, 0.05) is 16.6 Å². The maximum Gasteiger partial charge on any atom is 0.119 e. The van der Waals surface area contributed by atoms with Crippen LogP contribution in [0, 0.1) is 6.92 Å². The molecule has 0 saturated heterocycles. The first-order valence-electron chi connectivity index (χ1n) is 7.98. The Labute approximate surface area is 131 Å². The minimum atomic E-state index is 0.623. The third kappa shape index (κ3) is 2.19. The standard InChI is InChI=1S/C20H21NO/c1-13-3-5-14(6-4-13)15-7-9-19-17(11-15)18-12-16(22-2)8-10-20(18)21-19/h3-6,8,10,12,15,21H,7,9,11H2,1-2H3. The zero-order valence-electron chi connectivity index (χ0n) is 13.1. The number of aryl methyl sites for hydroxylation is 2. The van der Waals surface area contributed by atoms with E-state index in [9.17, 15) is 0 Å². The smallest absolute Gasteiger partial charge is 0.119 e. The second kappa shape index (κ2) is 5.20. The number of hydrogen-bond donors (Lipinski definition) is 1. The summed E-state index contributed by atoms with van der Waals surface area (Å²) in [5, 5.41) is 1.33. The van der Waals surface area contributed by atoms with Gasteiger partial charge in [-0.3, -0.25) is 0 Å². The summed E-state index contributed by atoms with van der Waals surface area (Å²) >= 11 is 0. The van der Waals surface area contributed by atoms with Crippen molar-refractivity contribution >= 4 is 10.9 Å². The molecule has 0 fully saturated rings. The molecule has 1 N–H and O–H groups in total. The summed E-state index contributed by atoms with van der Waals surface area (Å²) in [6.07, 6.45) is 3.47. The first-order valence-corrected chi connectivity index (χ1v) is 7.98. The molecular formula is C20H21NO. The molecule has 1 aromatic heterocycles. The van der Waals surface area contributed by atoms with E-state index in [2.05, 4.69) is 48.3 Å². The molecule has 0 spiro atoms. The third-order valence-corrected chi connectivity index (χ3v) is 4.94. The Morgan fingerprint density at radius 3 is 2.68 bits per heavy atom. The Morgan fingerprint density at radius 1 is 1.09 bits per heavy atom. The number of hydrogen-bond acceptors (Lipinski definition) is 1. The Hall–Kier alpha value is -2.22. The highest BCUT2D eigenvalue weighted by atomic mass is 16.5. The summed E-state index contributed by atoms with van der Waals surface area (Å²) in [6.45, 7) is 2.15. The van der Waals surface area contributed by atoms with Crippen LogP contribution in [0.2, 0.25) is 0 Å². The van der Waals surface area contributed by atoms with Gasteiger partial charge in [-0.25, -0.2) is 0 Å². The quantitative estimate of drug-likeness (QED) is 0.723. The van der Waals surface area contributed by atoms with Crippen LogP contribution in [0.25, 0.3) is 10.9 Å². The van der Waals surface area contributed by atoms with Crippen LogP contribution < -0.4 is 4.74 Å². The summed E-state index contributed by atoms with van der Waals surface area (Å²) in [4.78, 5) is 3.59. The maximum absolute atomic E-state index is 5.39. The summed E-state index contributed by atoms with van der Waals surface area (Å²) in [6, 6.07) is 15.4. The minimum absolute atomic E-state index is 0.623. The molecule has 1 aliphatic carbocycles. The molecule has 0 aliphatic heterocycles. The summed E-state index contributed by atoms with van der Waals surface area (Å²) in [5.41, 5.74) is 6.92. The largest absolute Gasteiger partial charge is 0.497 e. The number of aromatic amines is 1. The topological polar surface area (TPSA) is 25.0 Å². The summed E-state index contributed by atoms with van der Waals surface area (Å²) < 4.78 is 5.39. The fourth-order valence-electron chi connectivity index (χ4n) is 3.65. The van der Waals surface area contributed by atoms with Crippen molar-refractivity contribution in [1.82, 2.24) is 4.98 Å². The average Bonchev–Trinajstić information content (AvgIpc) is 2.92. The van der Waals surface area contributed by atoms with Crippen molar-refractivity contribution in [2.75, 3.05) is 7.11 Å². The number of rotatable bonds is 2. The molecule has 3 aromatic rings. The van der Waals surface area contributed by atoms with Crippen LogP contribution >= 0.6 is 0 Å². The van der Waals surface area contributed by atoms with Crippen molar-refractivity contribution in [3.63, 3.8) is 0 Å². The number of methoxy groups -OCH3 is 1. The molecule has 1 atom stereocenters. The summed E-state index contributed by atoms with van der Waals surface area (Å²) in [5.74, 6) is 1.56. The predicted octanol–water partition coefficient (Wildman–Crippen LogP) is 4.76. The summed E-state index contributed by atoms with van der Waals surface area (Å²) in [7, 11) is 1.73. The van der Waals surface area contributed by atoms with Crippen LogP contribution in [0.1, 0.15) is 34.7 Å². The van der Waals surface area contributed by atoms with Gasteiger partial charge in [0.1, 0.15) is 5.75 Å². The molecule has 1 unspecified atom stereocenters.